The third kappa shape index (κ3) is 4.54. The first kappa shape index (κ1) is 21.7. The number of hydrogen-bond acceptors (Lipinski definition) is 7. The zero-order valence-corrected chi connectivity index (χ0v) is 19.4. The van der Waals surface area contributed by atoms with Crippen LogP contribution in [0, 0.1) is 12.7 Å². The van der Waals surface area contributed by atoms with Gasteiger partial charge in [-0.3, -0.25) is 0 Å². The van der Waals surface area contributed by atoms with Gasteiger partial charge in [-0.1, -0.05) is 0 Å². The van der Waals surface area contributed by atoms with Crippen LogP contribution >= 0.6 is 11.8 Å². The Labute approximate surface area is 196 Å². The van der Waals surface area contributed by atoms with E-state index in [1.807, 2.05) is 43.5 Å². The van der Waals surface area contributed by atoms with Crippen molar-refractivity contribution in [1.29, 1.82) is 0 Å². The Kier molecular flexibility index (Phi) is 6.20. The van der Waals surface area contributed by atoms with E-state index in [0.717, 1.165) is 64.7 Å². The van der Waals surface area contributed by atoms with Crippen LogP contribution in [0.4, 0.5) is 10.1 Å². The first-order valence-corrected chi connectivity index (χ1v) is 12.1. The molecule has 4 aromatic rings. The number of ether oxygens (including phenoxy) is 1. The first-order chi connectivity index (χ1) is 16.1. The van der Waals surface area contributed by atoms with Crippen molar-refractivity contribution in [3.63, 3.8) is 0 Å². The molecular weight excluding hydrogens is 437 g/mol. The molecule has 33 heavy (non-hydrogen) atoms. The Hall–Kier alpha value is -3.10. The van der Waals surface area contributed by atoms with E-state index < -0.39 is 0 Å². The van der Waals surface area contributed by atoms with Gasteiger partial charge in [0.2, 0.25) is 0 Å². The van der Waals surface area contributed by atoms with Crippen LogP contribution in [0.2, 0.25) is 0 Å². The zero-order chi connectivity index (χ0) is 22.8. The number of rotatable bonds is 5. The topological polar surface area (TPSA) is 64.0 Å². The highest BCUT2D eigenvalue weighted by Gasteiger charge is 2.17. The molecule has 0 unspecified atom stereocenters. The molecule has 0 aliphatic carbocycles. The molecule has 5 rings (SSSR count). The summed E-state index contributed by atoms with van der Waals surface area (Å²) < 4.78 is 20.6. The molecule has 8 heteroatoms. The average Bonchev–Trinajstić information content (AvgIpc) is 2.86. The molecule has 0 radical (unpaired) electrons. The van der Waals surface area contributed by atoms with Gasteiger partial charge in [-0.2, -0.15) is 5.10 Å². The molecule has 6 nitrogen and oxygen atoms in total. The van der Waals surface area contributed by atoms with Crippen molar-refractivity contribution in [2.24, 2.45) is 0 Å². The number of fused-ring (bicyclic) bond motifs is 1. The van der Waals surface area contributed by atoms with Crippen LogP contribution in [-0.4, -0.2) is 52.7 Å². The van der Waals surface area contributed by atoms with E-state index in [4.69, 9.17) is 4.74 Å². The fourth-order valence-electron chi connectivity index (χ4n) is 4.11. The summed E-state index contributed by atoms with van der Waals surface area (Å²) >= 11 is 1.55. The summed E-state index contributed by atoms with van der Waals surface area (Å²) in [5.41, 5.74) is 5.66. The summed E-state index contributed by atoms with van der Waals surface area (Å²) in [6, 6.07) is 13.5. The van der Waals surface area contributed by atoms with Gasteiger partial charge in [0.05, 0.1) is 30.1 Å². The van der Waals surface area contributed by atoms with E-state index in [1.54, 1.807) is 17.8 Å². The van der Waals surface area contributed by atoms with Crippen molar-refractivity contribution in [3.05, 3.63) is 71.4 Å². The summed E-state index contributed by atoms with van der Waals surface area (Å²) in [5, 5.41) is 10.2. The van der Waals surface area contributed by atoms with Gasteiger partial charge in [0.25, 0.3) is 0 Å². The van der Waals surface area contributed by atoms with Crippen molar-refractivity contribution in [2.75, 3.05) is 37.5 Å². The summed E-state index contributed by atoms with van der Waals surface area (Å²) in [5.74, 6) is -0.294. The third-order valence-electron chi connectivity index (χ3n) is 5.95. The lowest BCUT2D eigenvalue weighted by molar-refractivity contribution is 0.122. The molecule has 3 heterocycles. The minimum atomic E-state index is -0.294. The normalized spacial score (nSPS) is 14.1. The standard InChI is InChI=1S/C25H24FN5OS/c1-16-11-22(26)21(13-17(16)12-18-3-6-24(33-2)30-29-18)25-20-5-4-19(14-23(20)27-15-28-25)31-7-9-32-10-8-31/h3-6,11,13-15H,7-10,12H2,1-2H3. The number of morpholine rings is 1. The van der Waals surface area contributed by atoms with Crippen LogP contribution < -0.4 is 4.90 Å². The quantitative estimate of drug-likeness (QED) is 0.400. The molecular formula is C25H24FN5OS. The second kappa shape index (κ2) is 9.41. The van der Waals surface area contributed by atoms with Gasteiger partial charge in [-0.15, -0.1) is 16.9 Å². The van der Waals surface area contributed by atoms with Crippen molar-refractivity contribution >= 4 is 28.4 Å². The van der Waals surface area contributed by atoms with Crippen molar-refractivity contribution < 1.29 is 9.13 Å². The molecule has 0 spiro atoms. The minimum Gasteiger partial charge on any atom is -0.378 e. The largest absolute Gasteiger partial charge is 0.378 e. The van der Waals surface area contributed by atoms with Crippen LogP contribution in [0.15, 0.2) is 53.8 Å². The maximum absolute atomic E-state index is 15.1. The molecule has 0 amide bonds. The van der Waals surface area contributed by atoms with Crippen LogP contribution in [0.3, 0.4) is 0 Å². The molecule has 1 saturated heterocycles. The first-order valence-electron chi connectivity index (χ1n) is 10.9. The fourth-order valence-corrected chi connectivity index (χ4v) is 4.44. The van der Waals surface area contributed by atoms with Crippen LogP contribution in [0.5, 0.6) is 0 Å². The fraction of sp³-hybridized carbons (Fsp3) is 0.280. The molecule has 1 fully saturated rings. The number of halogens is 1. The predicted octanol–water partition coefficient (Wildman–Crippen LogP) is 4.68. The lowest BCUT2D eigenvalue weighted by Crippen LogP contribution is -2.36. The molecule has 0 saturated carbocycles. The van der Waals surface area contributed by atoms with E-state index in [9.17, 15) is 0 Å². The van der Waals surface area contributed by atoms with E-state index in [0.29, 0.717) is 17.7 Å². The highest BCUT2D eigenvalue weighted by Crippen LogP contribution is 2.32. The van der Waals surface area contributed by atoms with Gasteiger partial charge in [0, 0.05) is 36.1 Å². The Balaban J connectivity index is 1.52. The monoisotopic (exact) mass is 461 g/mol. The highest BCUT2D eigenvalue weighted by molar-refractivity contribution is 7.98. The minimum absolute atomic E-state index is 0.294. The third-order valence-corrected chi connectivity index (χ3v) is 6.59. The number of anilines is 1. The lowest BCUT2D eigenvalue weighted by Gasteiger charge is -2.29. The van der Waals surface area contributed by atoms with Gasteiger partial charge >= 0.3 is 0 Å². The Bertz CT molecular complexity index is 1290. The number of aryl methyl sites for hydroxylation is 1. The molecule has 0 bridgehead atoms. The van der Waals surface area contributed by atoms with Gasteiger partial charge in [0.1, 0.15) is 17.2 Å². The molecule has 1 aliphatic heterocycles. The van der Waals surface area contributed by atoms with Crippen LogP contribution in [0.1, 0.15) is 16.8 Å². The summed E-state index contributed by atoms with van der Waals surface area (Å²) in [4.78, 5) is 11.2. The summed E-state index contributed by atoms with van der Waals surface area (Å²) in [6.07, 6.45) is 4.05. The molecule has 168 valence electrons. The predicted molar refractivity (Wildman–Crippen MR) is 129 cm³/mol. The Morgan fingerprint density at radius 1 is 1.03 bits per heavy atom. The maximum atomic E-state index is 15.1. The summed E-state index contributed by atoms with van der Waals surface area (Å²) in [7, 11) is 0. The van der Waals surface area contributed by atoms with Crippen molar-refractivity contribution in [1.82, 2.24) is 20.2 Å². The Morgan fingerprint density at radius 2 is 1.88 bits per heavy atom. The number of benzene rings is 2. The van der Waals surface area contributed by atoms with E-state index >= 15 is 4.39 Å². The van der Waals surface area contributed by atoms with Crippen molar-refractivity contribution in [3.8, 4) is 11.3 Å². The van der Waals surface area contributed by atoms with Crippen LogP contribution in [-0.2, 0) is 11.2 Å². The van der Waals surface area contributed by atoms with Gasteiger partial charge in [-0.25, -0.2) is 14.4 Å². The Morgan fingerprint density at radius 3 is 2.64 bits per heavy atom. The van der Waals surface area contributed by atoms with Crippen LogP contribution in [0.25, 0.3) is 22.2 Å². The summed E-state index contributed by atoms with van der Waals surface area (Å²) in [6.45, 7) is 5.04. The second-order valence-electron chi connectivity index (χ2n) is 8.03. The van der Waals surface area contributed by atoms with E-state index in [-0.39, 0.29) is 5.82 Å². The highest BCUT2D eigenvalue weighted by atomic mass is 32.2. The zero-order valence-electron chi connectivity index (χ0n) is 18.6. The molecule has 1 aliphatic rings. The lowest BCUT2D eigenvalue weighted by atomic mass is 9.97. The van der Waals surface area contributed by atoms with Gasteiger partial charge in [-0.05, 0) is 66.8 Å². The molecule has 0 atom stereocenters. The number of thioether (sulfide) groups is 1. The van der Waals surface area contributed by atoms with E-state index in [2.05, 4.69) is 31.1 Å². The SMILES string of the molecule is CSc1ccc(Cc2cc(-c3ncnc4cc(N5CCOCC5)ccc34)c(F)cc2C)nn1. The van der Waals surface area contributed by atoms with Gasteiger partial charge in [0.15, 0.2) is 0 Å². The molecule has 0 N–H and O–H groups in total. The van der Waals surface area contributed by atoms with Crippen molar-refractivity contribution in [2.45, 2.75) is 18.4 Å². The molecule has 2 aromatic heterocycles. The number of aromatic nitrogens is 4. The molecule has 2 aromatic carbocycles. The van der Waals surface area contributed by atoms with Gasteiger partial charge < -0.3 is 9.64 Å². The second-order valence-corrected chi connectivity index (χ2v) is 8.85. The van der Waals surface area contributed by atoms with E-state index in [1.165, 1.54) is 6.33 Å². The average molecular weight is 462 g/mol. The number of nitrogens with zero attached hydrogens (tertiary/aromatic N) is 5. The smallest absolute Gasteiger partial charge is 0.132 e. The maximum Gasteiger partial charge on any atom is 0.132 e. The number of hydrogen-bond donors (Lipinski definition) is 0.